The smallest absolute Gasteiger partial charge is 0.315 e. The highest BCUT2D eigenvalue weighted by atomic mass is 32.2. The molecule has 2 rings (SSSR count). The summed E-state index contributed by atoms with van der Waals surface area (Å²) in [4.78, 5) is 28.0. The number of carbonyl (C=O) groups is 2. The monoisotopic (exact) mass is 335 g/mol. The zero-order valence-corrected chi connectivity index (χ0v) is 14.3. The molecule has 0 aromatic heterocycles. The SMILES string of the molecule is CCOc1ccc(C)cc1C(C)NC(=O)C(=O)NC1=NCCS1. The number of amidine groups is 1. The zero-order valence-electron chi connectivity index (χ0n) is 13.5. The second-order valence-corrected chi connectivity index (χ2v) is 6.24. The molecule has 1 aromatic carbocycles. The van der Waals surface area contributed by atoms with Crippen molar-refractivity contribution in [2.75, 3.05) is 18.9 Å². The van der Waals surface area contributed by atoms with Crippen LogP contribution in [0.2, 0.25) is 0 Å². The van der Waals surface area contributed by atoms with E-state index in [0.717, 1.165) is 16.9 Å². The summed E-state index contributed by atoms with van der Waals surface area (Å²) in [7, 11) is 0. The molecular weight excluding hydrogens is 314 g/mol. The Balaban J connectivity index is 2.02. The maximum absolute atomic E-state index is 12.0. The second kappa shape index (κ2) is 8.01. The van der Waals surface area contributed by atoms with E-state index in [1.54, 1.807) is 0 Å². The Kier molecular flexibility index (Phi) is 6.04. The van der Waals surface area contributed by atoms with Crippen LogP contribution in [0.1, 0.15) is 31.0 Å². The van der Waals surface area contributed by atoms with E-state index in [2.05, 4.69) is 15.6 Å². The Labute approximate surface area is 140 Å². The van der Waals surface area contributed by atoms with Crippen LogP contribution in [0.15, 0.2) is 23.2 Å². The van der Waals surface area contributed by atoms with Gasteiger partial charge in [-0.05, 0) is 26.8 Å². The van der Waals surface area contributed by atoms with Crippen LogP contribution in [-0.2, 0) is 9.59 Å². The molecule has 1 aliphatic rings. The lowest BCUT2D eigenvalue weighted by Crippen LogP contribution is -2.42. The number of aryl methyl sites for hydroxylation is 1. The molecule has 2 N–H and O–H groups in total. The number of thioether (sulfide) groups is 1. The van der Waals surface area contributed by atoms with E-state index in [-0.39, 0.29) is 6.04 Å². The molecule has 0 bridgehead atoms. The maximum atomic E-state index is 12.0. The molecule has 1 unspecified atom stereocenters. The van der Waals surface area contributed by atoms with E-state index in [9.17, 15) is 9.59 Å². The molecule has 6 nitrogen and oxygen atoms in total. The molecule has 0 radical (unpaired) electrons. The van der Waals surface area contributed by atoms with Gasteiger partial charge < -0.3 is 10.1 Å². The lowest BCUT2D eigenvalue weighted by atomic mass is 10.0. The van der Waals surface area contributed by atoms with Gasteiger partial charge in [0.25, 0.3) is 0 Å². The van der Waals surface area contributed by atoms with Gasteiger partial charge in [-0.15, -0.1) is 0 Å². The summed E-state index contributed by atoms with van der Waals surface area (Å²) in [6, 6.07) is 5.43. The van der Waals surface area contributed by atoms with Crippen LogP contribution >= 0.6 is 11.8 Å². The van der Waals surface area contributed by atoms with E-state index in [1.165, 1.54) is 11.8 Å². The highest BCUT2D eigenvalue weighted by Gasteiger charge is 2.21. The van der Waals surface area contributed by atoms with Crippen LogP contribution in [0.5, 0.6) is 5.75 Å². The first-order chi connectivity index (χ1) is 11.0. The van der Waals surface area contributed by atoms with Gasteiger partial charge in [0.15, 0.2) is 5.17 Å². The highest BCUT2D eigenvalue weighted by molar-refractivity contribution is 8.14. The lowest BCUT2D eigenvalue weighted by Gasteiger charge is -2.18. The molecule has 0 spiro atoms. The van der Waals surface area contributed by atoms with Gasteiger partial charge >= 0.3 is 11.8 Å². The fraction of sp³-hybridized carbons (Fsp3) is 0.438. The van der Waals surface area contributed by atoms with E-state index in [0.29, 0.717) is 24.1 Å². The summed E-state index contributed by atoms with van der Waals surface area (Å²) in [5.74, 6) is 0.156. The van der Waals surface area contributed by atoms with Gasteiger partial charge in [-0.1, -0.05) is 29.5 Å². The van der Waals surface area contributed by atoms with E-state index < -0.39 is 11.8 Å². The maximum Gasteiger partial charge on any atom is 0.315 e. The van der Waals surface area contributed by atoms with Gasteiger partial charge in [-0.3, -0.25) is 19.9 Å². The van der Waals surface area contributed by atoms with Gasteiger partial charge in [0.05, 0.1) is 19.2 Å². The van der Waals surface area contributed by atoms with Crippen molar-refractivity contribution in [3.63, 3.8) is 0 Å². The predicted molar refractivity (Wildman–Crippen MR) is 91.8 cm³/mol. The highest BCUT2D eigenvalue weighted by Crippen LogP contribution is 2.26. The van der Waals surface area contributed by atoms with Crippen molar-refractivity contribution < 1.29 is 14.3 Å². The van der Waals surface area contributed by atoms with Crippen LogP contribution in [0, 0.1) is 6.92 Å². The molecular formula is C16H21N3O3S. The molecule has 1 aliphatic heterocycles. The quantitative estimate of drug-likeness (QED) is 0.822. The number of carbonyl (C=O) groups excluding carboxylic acids is 2. The molecule has 0 aliphatic carbocycles. The third-order valence-corrected chi connectivity index (χ3v) is 4.18. The Morgan fingerprint density at radius 1 is 1.39 bits per heavy atom. The molecule has 1 heterocycles. The summed E-state index contributed by atoms with van der Waals surface area (Å²) in [5.41, 5.74) is 1.91. The average Bonchev–Trinajstić information content (AvgIpc) is 3.02. The normalized spacial score (nSPS) is 14.8. The number of amides is 2. The number of aliphatic imine (C=N–C) groups is 1. The van der Waals surface area contributed by atoms with Crippen LogP contribution in [0.3, 0.4) is 0 Å². The molecule has 7 heteroatoms. The molecule has 124 valence electrons. The van der Waals surface area contributed by atoms with Crippen molar-refractivity contribution in [1.29, 1.82) is 0 Å². The van der Waals surface area contributed by atoms with E-state index in [1.807, 2.05) is 39.0 Å². The summed E-state index contributed by atoms with van der Waals surface area (Å²) >= 11 is 1.43. The van der Waals surface area contributed by atoms with Crippen LogP contribution in [-0.4, -0.2) is 35.9 Å². The van der Waals surface area contributed by atoms with Crippen molar-refractivity contribution in [3.05, 3.63) is 29.3 Å². The van der Waals surface area contributed by atoms with E-state index >= 15 is 0 Å². The van der Waals surface area contributed by atoms with Crippen LogP contribution < -0.4 is 15.4 Å². The summed E-state index contributed by atoms with van der Waals surface area (Å²) in [6.45, 7) is 6.90. The van der Waals surface area contributed by atoms with E-state index in [4.69, 9.17) is 4.74 Å². The molecule has 23 heavy (non-hydrogen) atoms. The van der Waals surface area contributed by atoms with Gasteiger partial charge in [-0.25, -0.2) is 0 Å². The van der Waals surface area contributed by atoms with Crippen LogP contribution in [0.25, 0.3) is 0 Å². The van der Waals surface area contributed by atoms with Gasteiger partial charge in [0.2, 0.25) is 0 Å². The Morgan fingerprint density at radius 2 is 2.17 bits per heavy atom. The Morgan fingerprint density at radius 3 is 2.83 bits per heavy atom. The summed E-state index contributed by atoms with van der Waals surface area (Å²) < 4.78 is 5.59. The standard InChI is InChI=1S/C16H21N3O3S/c1-4-22-13-6-5-10(2)9-12(13)11(3)18-14(20)15(21)19-16-17-7-8-23-16/h5-6,9,11H,4,7-8H2,1-3H3,(H,18,20)(H,17,19,21). The van der Waals surface area contributed by atoms with Gasteiger partial charge in [-0.2, -0.15) is 0 Å². The number of rotatable bonds is 4. The van der Waals surface area contributed by atoms with Crippen molar-refractivity contribution in [1.82, 2.24) is 10.6 Å². The van der Waals surface area contributed by atoms with Crippen LogP contribution in [0.4, 0.5) is 0 Å². The Bertz CT molecular complexity index is 631. The molecule has 0 saturated heterocycles. The molecule has 0 fully saturated rings. The average molecular weight is 335 g/mol. The number of benzene rings is 1. The minimum Gasteiger partial charge on any atom is -0.494 e. The largest absolute Gasteiger partial charge is 0.494 e. The molecule has 2 amide bonds. The first-order valence-corrected chi connectivity index (χ1v) is 8.52. The van der Waals surface area contributed by atoms with Gasteiger partial charge in [0, 0.05) is 11.3 Å². The molecule has 1 aromatic rings. The topological polar surface area (TPSA) is 79.8 Å². The number of nitrogens with one attached hydrogen (secondary N) is 2. The number of hydrogen-bond donors (Lipinski definition) is 2. The number of nitrogens with zero attached hydrogens (tertiary/aromatic N) is 1. The third-order valence-electron chi connectivity index (χ3n) is 3.29. The molecule has 1 atom stereocenters. The fourth-order valence-corrected chi connectivity index (χ4v) is 2.92. The first kappa shape index (κ1) is 17.3. The minimum atomic E-state index is -0.699. The van der Waals surface area contributed by atoms with Gasteiger partial charge in [0.1, 0.15) is 5.75 Å². The lowest BCUT2D eigenvalue weighted by molar-refractivity contribution is -0.138. The predicted octanol–water partition coefficient (Wildman–Crippen LogP) is 1.79. The fourth-order valence-electron chi connectivity index (χ4n) is 2.20. The summed E-state index contributed by atoms with van der Waals surface area (Å²) in [6.07, 6.45) is 0. The second-order valence-electron chi connectivity index (χ2n) is 5.16. The number of hydrogen-bond acceptors (Lipinski definition) is 5. The molecule has 0 saturated carbocycles. The van der Waals surface area contributed by atoms with Crippen molar-refractivity contribution in [2.45, 2.75) is 26.8 Å². The Hall–Kier alpha value is -2.02. The minimum absolute atomic E-state index is 0.340. The number of ether oxygens (including phenoxy) is 1. The zero-order chi connectivity index (χ0) is 16.8. The first-order valence-electron chi connectivity index (χ1n) is 7.53. The van der Waals surface area contributed by atoms with Crippen molar-refractivity contribution >= 4 is 28.7 Å². The van der Waals surface area contributed by atoms with Crippen molar-refractivity contribution in [2.24, 2.45) is 4.99 Å². The summed E-state index contributed by atoms with van der Waals surface area (Å²) in [5, 5.41) is 5.72. The third kappa shape index (κ3) is 4.72. The van der Waals surface area contributed by atoms with Crippen molar-refractivity contribution in [3.8, 4) is 5.75 Å².